The number of carbonyl (C=O) groups excluding carboxylic acids is 4. The maximum Gasteiger partial charge on any atom is 0.338 e. The SMILES string of the molecule is CC(=O)O[C@@H]1OC(COC(=O)c2ccccc2)[C@@H](OC(=O)c2ccccc2)[C@H]1OC(=O)c1ccccc1. The van der Waals surface area contributed by atoms with Crippen LogP contribution >= 0.6 is 0 Å². The second kappa shape index (κ2) is 12.0. The summed E-state index contributed by atoms with van der Waals surface area (Å²) < 4.78 is 27.7. The number of carbonyl (C=O) groups is 4. The summed E-state index contributed by atoms with van der Waals surface area (Å²) in [6, 6.07) is 24.6. The minimum atomic E-state index is -1.40. The van der Waals surface area contributed by atoms with Crippen molar-refractivity contribution in [3.8, 4) is 0 Å². The highest BCUT2D eigenvalue weighted by molar-refractivity contribution is 5.91. The van der Waals surface area contributed by atoms with Crippen molar-refractivity contribution in [2.75, 3.05) is 6.61 Å². The van der Waals surface area contributed by atoms with Crippen LogP contribution in [-0.2, 0) is 28.5 Å². The van der Waals surface area contributed by atoms with E-state index < -0.39 is 48.5 Å². The molecular weight excluding hydrogens is 480 g/mol. The summed E-state index contributed by atoms with van der Waals surface area (Å²) >= 11 is 0. The monoisotopic (exact) mass is 504 g/mol. The van der Waals surface area contributed by atoms with Crippen LogP contribution in [0.15, 0.2) is 91.0 Å². The largest absolute Gasteiger partial charge is 0.459 e. The number of benzene rings is 3. The van der Waals surface area contributed by atoms with Crippen molar-refractivity contribution in [2.24, 2.45) is 0 Å². The Bertz CT molecular complexity index is 1230. The van der Waals surface area contributed by atoms with Crippen molar-refractivity contribution < 1.29 is 42.9 Å². The summed E-state index contributed by atoms with van der Waals surface area (Å²) in [5.41, 5.74) is 0.782. The third-order valence-corrected chi connectivity index (χ3v) is 5.44. The number of hydrogen-bond acceptors (Lipinski definition) is 9. The first-order chi connectivity index (χ1) is 17.9. The molecule has 3 aromatic rings. The highest BCUT2D eigenvalue weighted by Crippen LogP contribution is 2.30. The van der Waals surface area contributed by atoms with Gasteiger partial charge in [-0.3, -0.25) is 4.79 Å². The zero-order valence-electron chi connectivity index (χ0n) is 19.9. The van der Waals surface area contributed by atoms with E-state index in [1.165, 1.54) is 0 Å². The fourth-order valence-corrected chi connectivity index (χ4v) is 3.70. The van der Waals surface area contributed by atoms with E-state index in [2.05, 4.69) is 0 Å². The molecule has 0 aliphatic carbocycles. The first kappa shape index (κ1) is 25.6. The van der Waals surface area contributed by atoms with Crippen LogP contribution in [-0.4, -0.2) is 55.1 Å². The van der Waals surface area contributed by atoms with Crippen LogP contribution in [0, 0.1) is 0 Å². The maximum atomic E-state index is 12.9. The molecule has 0 N–H and O–H groups in total. The third-order valence-electron chi connectivity index (χ3n) is 5.44. The topological polar surface area (TPSA) is 114 Å². The molecule has 0 radical (unpaired) electrons. The van der Waals surface area contributed by atoms with Crippen molar-refractivity contribution in [3.05, 3.63) is 108 Å². The molecule has 3 aromatic carbocycles. The first-order valence-electron chi connectivity index (χ1n) is 11.5. The lowest BCUT2D eigenvalue weighted by molar-refractivity contribution is -0.187. The van der Waals surface area contributed by atoms with E-state index in [1.807, 2.05) is 0 Å². The van der Waals surface area contributed by atoms with Gasteiger partial charge in [0.1, 0.15) is 12.7 Å². The summed E-state index contributed by atoms with van der Waals surface area (Å²) in [6.07, 6.45) is -5.09. The standard InChI is InChI=1S/C28H24O9/c1-18(29)34-28-24(37-27(32)21-15-9-4-10-16-21)23(36-26(31)20-13-7-3-8-14-20)22(35-28)17-33-25(30)19-11-5-2-6-12-19/h2-16,22-24,28H,17H2,1H3/t22?,23-,24-,28-/m1/s1. The molecule has 1 aliphatic heterocycles. The third kappa shape index (κ3) is 6.59. The molecule has 1 saturated heterocycles. The number of hydrogen-bond donors (Lipinski definition) is 0. The Kier molecular flexibility index (Phi) is 8.27. The molecule has 0 amide bonds. The van der Waals surface area contributed by atoms with Crippen LogP contribution in [0.5, 0.6) is 0 Å². The molecule has 0 spiro atoms. The van der Waals surface area contributed by atoms with Crippen LogP contribution in [0.3, 0.4) is 0 Å². The van der Waals surface area contributed by atoms with E-state index in [4.69, 9.17) is 23.7 Å². The Labute approximate surface area is 212 Å². The molecule has 190 valence electrons. The van der Waals surface area contributed by atoms with E-state index in [1.54, 1.807) is 91.0 Å². The zero-order valence-corrected chi connectivity index (χ0v) is 19.9. The Morgan fingerprint density at radius 3 is 1.51 bits per heavy atom. The quantitative estimate of drug-likeness (QED) is 0.335. The second-order valence-electron chi connectivity index (χ2n) is 8.09. The van der Waals surface area contributed by atoms with Crippen molar-refractivity contribution in [1.82, 2.24) is 0 Å². The molecule has 37 heavy (non-hydrogen) atoms. The van der Waals surface area contributed by atoms with Gasteiger partial charge in [0.25, 0.3) is 0 Å². The lowest BCUT2D eigenvalue weighted by atomic mass is 10.1. The number of ether oxygens (including phenoxy) is 5. The fraction of sp³-hybridized carbons (Fsp3) is 0.214. The van der Waals surface area contributed by atoms with Crippen molar-refractivity contribution in [1.29, 1.82) is 0 Å². The van der Waals surface area contributed by atoms with Crippen LogP contribution in [0.25, 0.3) is 0 Å². The predicted octanol–water partition coefficient (Wildman–Crippen LogP) is 3.58. The molecule has 1 heterocycles. The predicted molar refractivity (Wildman–Crippen MR) is 128 cm³/mol. The van der Waals surface area contributed by atoms with Gasteiger partial charge in [-0.25, -0.2) is 14.4 Å². The molecule has 1 fully saturated rings. The molecule has 0 saturated carbocycles. The van der Waals surface area contributed by atoms with Gasteiger partial charge >= 0.3 is 23.9 Å². The van der Waals surface area contributed by atoms with Gasteiger partial charge < -0.3 is 23.7 Å². The van der Waals surface area contributed by atoms with E-state index in [-0.39, 0.29) is 17.7 Å². The van der Waals surface area contributed by atoms with Gasteiger partial charge in [0.15, 0.2) is 6.10 Å². The van der Waals surface area contributed by atoms with Gasteiger partial charge in [0.05, 0.1) is 16.7 Å². The molecular formula is C28H24O9. The van der Waals surface area contributed by atoms with Gasteiger partial charge in [0.2, 0.25) is 12.4 Å². The average Bonchev–Trinajstić information content (AvgIpc) is 3.23. The molecule has 4 atom stereocenters. The minimum absolute atomic E-state index is 0.233. The Morgan fingerprint density at radius 1 is 0.622 bits per heavy atom. The number of rotatable bonds is 8. The molecule has 9 nitrogen and oxygen atoms in total. The Hall–Kier alpha value is -4.50. The lowest BCUT2D eigenvalue weighted by Crippen LogP contribution is -2.42. The molecule has 0 aromatic heterocycles. The van der Waals surface area contributed by atoms with Gasteiger partial charge in [0, 0.05) is 6.92 Å². The summed E-state index contributed by atoms with van der Waals surface area (Å²) in [6.45, 7) is 0.796. The van der Waals surface area contributed by atoms with Crippen LogP contribution in [0.4, 0.5) is 0 Å². The van der Waals surface area contributed by atoms with Crippen LogP contribution in [0.2, 0.25) is 0 Å². The van der Waals surface area contributed by atoms with Gasteiger partial charge in [-0.1, -0.05) is 54.6 Å². The molecule has 4 rings (SSSR count). The normalized spacial score (nSPS) is 20.5. The second-order valence-corrected chi connectivity index (χ2v) is 8.09. The summed E-state index contributed by atoms with van der Waals surface area (Å²) in [5.74, 6) is -2.81. The molecule has 0 bridgehead atoms. The average molecular weight is 504 g/mol. The lowest BCUT2D eigenvalue weighted by Gasteiger charge is -2.24. The zero-order chi connectivity index (χ0) is 26.2. The van der Waals surface area contributed by atoms with Crippen molar-refractivity contribution in [2.45, 2.75) is 31.5 Å². The molecule has 1 unspecified atom stereocenters. The van der Waals surface area contributed by atoms with Gasteiger partial charge in [-0.05, 0) is 36.4 Å². The van der Waals surface area contributed by atoms with Crippen LogP contribution in [0.1, 0.15) is 38.0 Å². The fourth-order valence-electron chi connectivity index (χ4n) is 3.70. The molecule has 1 aliphatic rings. The maximum absolute atomic E-state index is 12.9. The smallest absolute Gasteiger partial charge is 0.338 e. The minimum Gasteiger partial charge on any atom is -0.459 e. The summed E-state index contributed by atoms with van der Waals surface area (Å²) in [7, 11) is 0. The molecule has 9 heteroatoms. The van der Waals surface area contributed by atoms with E-state index in [0.717, 1.165) is 6.92 Å². The highest BCUT2D eigenvalue weighted by Gasteiger charge is 2.52. The summed E-state index contributed by atoms with van der Waals surface area (Å²) in [4.78, 5) is 50.0. The van der Waals surface area contributed by atoms with Crippen molar-refractivity contribution in [3.63, 3.8) is 0 Å². The summed E-state index contributed by atoms with van der Waals surface area (Å²) in [5, 5.41) is 0. The van der Waals surface area contributed by atoms with E-state index >= 15 is 0 Å². The van der Waals surface area contributed by atoms with Crippen molar-refractivity contribution >= 4 is 23.9 Å². The Balaban J connectivity index is 1.58. The Morgan fingerprint density at radius 2 is 1.05 bits per heavy atom. The van der Waals surface area contributed by atoms with Gasteiger partial charge in [-0.15, -0.1) is 0 Å². The number of esters is 4. The van der Waals surface area contributed by atoms with Gasteiger partial charge in [-0.2, -0.15) is 0 Å². The van der Waals surface area contributed by atoms with Crippen LogP contribution < -0.4 is 0 Å². The van der Waals surface area contributed by atoms with E-state index in [9.17, 15) is 19.2 Å². The first-order valence-corrected chi connectivity index (χ1v) is 11.5. The highest BCUT2D eigenvalue weighted by atomic mass is 16.8. The van der Waals surface area contributed by atoms with E-state index in [0.29, 0.717) is 5.56 Å².